The van der Waals surface area contributed by atoms with Gasteiger partial charge in [0, 0.05) is 26.2 Å². The molecule has 4 nitrogen and oxygen atoms in total. The van der Waals surface area contributed by atoms with E-state index in [2.05, 4.69) is 10.2 Å². The summed E-state index contributed by atoms with van der Waals surface area (Å²) in [6.45, 7) is 4.47. The summed E-state index contributed by atoms with van der Waals surface area (Å²) in [5.74, 6) is 1.86. The van der Waals surface area contributed by atoms with Gasteiger partial charge in [-0.1, -0.05) is 0 Å². The summed E-state index contributed by atoms with van der Waals surface area (Å²) in [5.41, 5.74) is 0.0155. The van der Waals surface area contributed by atoms with Crippen molar-refractivity contribution in [1.29, 1.82) is 0 Å². The summed E-state index contributed by atoms with van der Waals surface area (Å²) < 4.78 is 6.23. The van der Waals surface area contributed by atoms with E-state index in [1.807, 2.05) is 0 Å². The van der Waals surface area contributed by atoms with Crippen LogP contribution in [0.3, 0.4) is 0 Å². The summed E-state index contributed by atoms with van der Waals surface area (Å²) in [6.07, 6.45) is 9.48. The minimum absolute atomic E-state index is 0.0155. The largest absolute Gasteiger partial charge is 0.362 e. The second kappa shape index (κ2) is 5.54. The summed E-state index contributed by atoms with van der Waals surface area (Å²) in [7, 11) is 0. The number of rotatable bonds is 5. The SMILES string of the molecule is O=C(NCC1CC1)[C@H]1CCC2(CCN(CC3CC3)CC2)O1. The van der Waals surface area contributed by atoms with Crippen LogP contribution < -0.4 is 5.32 Å². The van der Waals surface area contributed by atoms with Gasteiger partial charge in [-0.05, 0) is 63.2 Å². The lowest BCUT2D eigenvalue weighted by Gasteiger charge is -2.39. The third-order valence-corrected chi connectivity index (χ3v) is 5.79. The van der Waals surface area contributed by atoms with E-state index in [9.17, 15) is 4.79 Å². The maximum atomic E-state index is 12.2. The molecule has 4 fully saturated rings. The first kappa shape index (κ1) is 14.0. The number of nitrogens with zero attached hydrogens (tertiary/aromatic N) is 1. The maximum Gasteiger partial charge on any atom is 0.249 e. The molecular weight excluding hydrogens is 264 g/mol. The second-order valence-electron chi connectivity index (χ2n) is 7.76. The first-order valence-corrected chi connectivity index (χ1v) is 8.90. The first-order valence-electron chi connectivity index (χ1n) is 8.90. The Bertz CT molecular complexity index is 396. The number of carbonyl (C=O) groups excluding carboxylic acids is 1. The van der Waals surface area contributed by atoms with E-state index >= 15 is 0 Å². The van der Waals surface area contributed by atoms with Crippen LogP contribution in [0.1, 0.15) is 51.4 Å². The molecule has 2 heterocycles. The molecule has 4 heteroatoms. The van der Waals surface area contributed by atoms with Gasteiger partial charge in [0.15, 0.2) is 0 Å². The van der Waals surface area contributed by atoms with Crippen molar-refractivity contribution in [3.63, 3.8) is 0 Å². The van der Waals surface area contributed by atoms with Gasteiger partial charge in [-0.2, -0.15) is 0 Å². The van der Waals surface area contributed by atoms with Crippen molar-refractivity contribution in [2.24, 2.45) is 11.8 Å². The fourth-order valence-electron chi connectivity index (χ4n) is 3.86. The molecule has 2 saturated carbocycles. The molecule has 2 saturated heterocycles. The van der Waals surface area contributed by atoms with Gasteiger partial charge < -0.3 is 15.0 Å². The maximum absolute atomic E-state index is 12.2. The fraction of sp³-hybridized carbons (Fsp3) is 0.941. The molecule has 0 bridgehead atoms. The Morgan fingerprint density at radius 3 is 2.43 bits per heavy atom. The number of ether oxygens (including phenoxy) is 1. The number of carbonyl (C=O) groups is 1. The lowest BCUT2D eigenvalue weighted by Crippen LogP contribution is -2.46. The van der Waals surface area contributed by atoms with Crippen molar-refractivity contribution in [1.82, 2.24) is 10.2 Å². The highest BCUT2D eigenvalue weighted by molar-refractivity contribution is 5.81. The zero-order chi connectivity index (χ0) is 14.3. The van der Waals surface area contributed by atoms with Gasteiger partial charge in [0.1, 0.15) is 6.10 Å². The number of piperidine rings is 1. The number of hydrogen-bond donors (Lipinski definition) is 1. The molecular formula is C17H28N2O2. The highest BCUT2D eigenvalue weighted by atomic mass is 16.5. The van der Waals surface area contributed by atoms with E-state index in [-0.39, 0.29) is 17.6 Å². The minimum atomic E-state index is -0.182. The van der Waals surface area contributed by atoms with E-state index in [0.29, 0.717) is 0 Å². The quantitative estimate of drug-likeness (QED) is 0.842. The average molecular weight is 292 g/mol. The molecule has 1 N–H and O–H groups in total. The summed E-state index contributed by atoms with van der Waals surface area (Å²) >= 11 is 0. The van der Waals surface area contributed by atoms with E-state index in [4.69, 9.17) is 4.74 Å². The van der Waals surface area contributed by atoms with Gasteiger partial charge in [0.2, 0.25) is 5.91 Å². The van der Waals surface area contributed by atoms with Crippen LogP contribution in [0.2, 0.25) is 0 Å². The Hall–Kier alpha value is -0.610. The average Bonchev–Trinajstić information content (AvgIpc) is 3.41. The van der Waals surface area contributed by atoms with Gasteiger partial charge in [0.05, 0.1) is 5.60 Å². The van der Waals surface area contributed by atoms with Gasteiger partial charge in [-0.3, -0.25) is 4.79 Å². The molecule has 2 aliphatic carbocycles. The highest BCUT2D eigenvalue weighted by Crippen LogP contribution is 2.40. The summed E-state index contributed by atoms with van der Waals surface area (Å²) in [6, 6.07) is 0. The Labute approximate surface area is 127 Å². The van der Waals surface area contributed by atoms with Crippen molar-refractivity contribution in [2.45, 2.75) is 63.1 Å². The molecule has 0 aromatic heterocycles. The van der Waals surface area contributed by atoms with Crippen LogP contribution in [0, 0.1) is 11.8 Å². The monoisotopic (exact) mass is 292 g/mol. The number of nitrogens with one attached hydrogen (secondary N) is 1. The molecule has 1 atom stereocenters. The van der Waals surface area contributed by atoms with Crippen molar-refractivity contribution in [3.05, 3.63) is 0 Å². The normalized spacial score (nSPS) is 32.5. The number of amides is 1. The van der Waals surface area contributed by atoms with E-state index < -0.39 is 0 Å². The van der Waals surface area contributed by atoms with Crippen LogP contribution in [0.25, 0.3) is 0 Å². The van der Waals surface area contributed by atoms with E-state index in [0.717, 1.165) is 57.2 Å². The summed E-state index contributed by atoms with van der Waals surface area (Å²) in [4.78, 5) is 14.8. The van der Waals surface area contributed by atoms with Crippen LogP contribution >= 0.6 is 0 Å². The minimum Gasteiger partial charge on any atom is -0.362 e. The molecule has 2 aliphatic heterocycles. The fourth-order valence-corrected chi connectivity index (χ4v) is 3.86. The smallest absolute Gasteiger partial charge is 0.249 e. The molecule has 1 spiro atoms. The zero-order valence-electron chi connectivity index (χ0n) is 13.0. The molecule has 0 unspecified atom stereocenters. The first-order chi connectivity index (χ1) is 10.2. The van der Waals surface area contributed by atoms with Crippen molar-refractivity contribution >= 4 is 5.91 Å². The third-order valence-electron chi connectivity index (χ3n) is 5.79. The van der Waals surface area contributed by atoms with E-state index in [1.54, 1.807) is 0 Å². The second-order valence-corrected chi connectivity index (χ2v) is 7.76. The Morgan fingerprint density at radius 2 is 1.76 bits per heavy atom. The molecule has 4 aliphatic rings. The van der Waals surface area contributed by atoms with Crippen molar-refractivity contribution < 1.29 is 9.53 Å². The highest BCUT2D eigenvalue weighted by Gasteiger charge is 2.45. The molecule has 0 radical (unpaired) electrons. The van der Waals surface area contributed by atoms with Gasteiger partial charge in [0.25, 0.3) is 0 Å². The van der Waals surface area contributed by atoms with Gasteiger partial charge in [-0.25, -0.2) is 0 Å². The number of hydrogen-bond acceptors (Lipinski definition) is 3. The lowest BCUT2D eigenvalue weighted by atomic mass is 9.88. The predicted octanol–water partition coefficient (Wildman–Crippen LogP) is 1.94. The molecule has 0 aromatic carbocycles. The third kappa shape index (κ3) is 3.42. The van der Waals surface area contributed by atoms with Gasteiger partial charge >= 0.3 is 0 Å². The lowest BCUT2D eigenvalue weighted by molar-refractivity contribution is -0.140. The molecule has 21 heavy (non-hydrogen) atoms. The van der Waals surface area contributed by atoms with E-state index in [1.165, 1.54) is 32.2 Å². The summed E-state index contributed by atoms with van der Waals surface area (Å²) in [5, 5.41) is 3.08. The van der Waals surface area contributed by atoms with Crippen molar-refractivity contribution in [3.8, 4) is 0 Å². The van der Waals surface area contributed by atoms with Crippen molar-refractivity contribution in [2.75, 3.05) is 26.2 Å². The van der Waals surface area contributed by atoms with Crippen LogP contribution in [0.4, 0.5) is 0 Å². The topological polar surface area (TPSA) is 41.6 Å². The molecule has 4 rings (SSSR count). The Balaban J connectivity index is 1.24. The number of likely N-dealkylation sites (tertiary alicyclic amines) is 1. The molecule has 118 valence electrons. The van der Waals surface area contributed by atoms with Crippen LogP contribution in [0.15, 0.2) is 0 Å². The standard InChI is InChI=1S/C17H28N2O2/c20-16(18-11-13-1-2-13)15-5-6-17(21-15)7-9-19(10-8-17)12-14-3-4-14/h13-15H,1-12H2,(H,18,20)/t15-/m1/s1. The molecule has 0 aromatic rings. The van der Waals surface area contributed by atoms with Crippen LogP contribution in [0.5, 0.6) is 0 Å². The van der Waals surface area contributed by atoms with Crippen LogP contribution in [-0.4, -0.2) is 48.7 Å². The Morgan fingerprint density at radius 1 is 1.05 bits per heavy atom. The van der Waals surface area contributed by atoms with Gasteiger partial charge in [-0.15, -0.1) is 0 Å². The zero-order valence-corrected chi connectivity index (χ0v) is 13.0. The predicted molar refractivity (Wildman–Crippen MR) is 81.0 cm³/mol. The van der Waals surface area contributed by atoms with Crippen LogP contribution in [-0.2, 0) is 9.53 Å². The molecule has 1 amide bonds. The Kier molecular flexibility index (Phi) is 3.70.